The summed E-state index contributed by atoms with van der Waals surface area (Å²) in [6.07, 6.45) is 8.40. The number of aliphatic hydroxyl groups is 1. The lowest BCUT2D eigenvalue weighted by molar-refractivity contribution is 0.126. The first kappa shape index (κ1) is 23.5. The number of thiazole rings is 1. The number of hydrogen-bond donors (Lipinski definition) is 5. The Morgan fingerprint density at radius 2 is 1.85 bits per heavy atom. The summed E-state index contributed by atoms with van der Waals surface area (Å²) >= 11 is 1.55. The fourth-order valence-corrected chi connectivity index (χ4v) is 6.88. The van der Waals surface area contributed by atoms with Crippen molar-refractivity contribution in [1.82, 2.24) is 20.3 Å². The number of rotatable bonds is 7. The van der Waals surface area contributed by atoms with Crippen molar-refractivity contribution in [2.75, 3.05) is 34.0 Å². The van der Waals surface area contributed by atoms with Gasteiger partial charge in [-0.3, -0.25) is 0 Å². The van der Waals surface area contributed by atoms with E-state index in [0.29, 0.717) is 31.2 Å². The summed E-state index contributed by atoms with van der Waals surface area (Å²) in [4.78, 5) is 14.0. The Labute approximate surface area is 203 Å². The van der Waals surface area contributed by atoms with Gasteiger partial charge in [-0.25, -0.2) is 18.4 Å². The van der Waals surface area contributed by atoms with Crippen LogP contribution in [0.25, 0.3) is 6.08 Å². The molecule has 1 saturated carbocycles. The van der Waals surface area contributed by atoms with Crippen molar-refractivity contribution >= 4 is 49.1 Å². The lowest BCUT2D eigenvalue weighted by atomic mass is 9.93. The fourth-order valence-electron chi connectivity index (χ4n) is 4.52. The van der Waals surface area contributed by atoms with Crippen LogP contribution in [0.3, 0.4) is 0 Å². The first-order chi connectivity index (χ1) is 16.4. The molecule has 2 aliphatic heterocycles. The highest BCUT2D eigenvalue weighted by atomic mass is 32.2. The second-order valence-corrected chi connectivity index (χ2v) is 12.5. The Hall–Kier alpha value is -2.28. The zero-order valence-electron chi connectivity index (χ0n) is 19.0. The molecule has 184 valence electrons. The van der Waals surface area contributed by atoms with Crippen LogP contribution in [0.2, 0.25) is 0 Å². The molecule has 0 spiro atoms. The highest BCUT2D eigenvalue weighted by Crippen LogP contribution is 2.33. The molecular weight excluding hydrogens is 474 g/mol. The molecule has 12 heteroatoms. The molecule has 0 atom stereocenters. The highest BCUT2D eigenvalue weighted by Gasteiger charge is 2.24. The van der Waals surface area contributed by atoms with E-state index in [2.05, 4.69) is 31.2 Å². The molecular formula is C22H31N7O3S2. The van der Waals surface area contributed by atoms with Crippen LogP contribution < -0.4 is 21.3 Å². The number of anilines is 4. The maximum atomic E-state index is 11.7. The maximum Gasteiger partial charge on any atom is 0.225 e. The molecule has 5 N–H and O–H groups in total. The predicted molar refractivity (Wildman–Crippen MR) is 135 cm³/mol. The molecule has 34 heavy (non-hydrogen) atoms. The average Bonchev–Trinajstić information content (AvgIpc) is 3.22. The van der Waals surface area contributed by atoms with Crippen LogP contribution in [0.1, 0.15) is 49.9 Å². The van der Waals surface area contributed by atoms with E-state index in [1.54, 1.807) is 11.3 Å². The molecule has 1 aliphatic carbocycles. The molecule has 10 nitrogen and oxygen atoms in total. The van der Waals surface area contributed by atoms with Crippen molar-refractivity contribution < 1.29 is 13.5 Å². The third-order valence-electron chi connectivity index (χ3n) is 6.48. The topological polar surface area (TPSA) is 141 Å². The van der Waals surface area contributed by atoms with Crippen LogP contribution in [0.15, 0.2) is 12.1 Å². The van der Waals surface area contributed by atoms with Gasteiger partial charge in [-0.1, -0.05) is 17.4 Å². The summed E-state index contributed by atoms with van der Waals surface area (Å²) in [5, 5.41) is 25.2. The zero-order valence-corrected chi connectivity index (χ0v) is 20.6. The van der Waals surface area contributed by atoms with E-state index in [-0.39, 0.29) is 29.7 Å². The molecule has 0 radical (unpaired) electrons. The number of sulfone groups is 1. The second kappa shape index (κ2) is 10.1. The maximum absolute atomic E-state index is 11.7. The standard InChI is InChI=1S/C22H31N7O3S2/c30-17-5-3-15(4-6-17)25-21-26-16(13-24-14-7-10-34(31,32)11-8-14)12-19(28-21)29-22-27-18-2-1-9-23-20(18)33-22/h1-2,12,14-15,17,23-24,30H,3-11,13H2,(H2,25,26,27,28,29). The van der Waals surface area contributed by atoms with Crippen LogP contribution in [-0.4, -0.2) is 64.7 Å². The van der Waals surface area contributed by atoms with Crippen LogP contribution in [0.5, 0.6) is 0 Å². The largest absolute Gasteiger partial charge is 0.393 e. The summed E-state index contributed by atoms with van der Waals surface area (Å²) in [5.74, 6) is 1.68. The molecule has 4 heterocycles. The Morgan fingerprint density at radius 3 is 2.62 bits per heavy atom. The van der Waals surface area contributed by atoms with E-state index in [4.69, 9.17) is 4.98 Å². The number of aliphatic hydroxyl groups excluding tert-OH is 1. The Balaban J connectivity index is 1.30. The summed E-state index contributed by atoms with van der Waals surface area (Å²) in [6.45, 7) is 1.32. The van der Waals surface area contributed by atoms with Crippen LogP contribution in [-0.2, 0) is 16.4 Å². The van der Waals surface area contributed by atoms with Gasteiger partial charge in [0.1, 0.15) is 20.7 Å². The molecule has 0 aromatic carbocycles. The predicted octanol–water partition coefficient (Wildman–Crippen LogP) is 2.50. The lowest BCUT2D eigenvalue weighted by Gasteiger charge is -2.26. The van der Waals surface area contributed by atoms with Gasteiger partial charge in [-0.2, -0.15) is 4.98 Å². The number of hydrogen-bond acceptors (Lipinski definition) is 11. The molecule has 2 fully saturated rings. The summed E-state index contributed by atoms with van der Waals surface area (Å²) in [5.41, 5.74) is 1.74. The summed E-state index contributed by atoms with van der Waals surface area (Å²) < 4.78 is 23.4. The smallest absolute Gasteiger partial charge is 0.225 e. The van der Waals surface area contributed by atoms with Crippen molar-refractivity contribution in [2.24, 2.45) is 0 Å². The Morgan fingerprint density at radius 1 is 1.06 bits per heavy atom. The molecule has 0 unspecified atom stereocenters. The first-order valence-corrected chi connectivity index (χ1v) is 14.5. The minimum atomic E-state index is -2.89. The van der Waals surface area contributed by atoms with Gasteiger partial charge < -0.3 is 26.4 Å². The van der Waals surface area contributed by atoms with Gasteiger partial charge >= 0.3 is 0 Å². The van der Waals surface area contributed by atoms with Gasteiger partial charge in [0.05, 0.1) is 29.0 Å². The quantitative estimate of drug-likeness (QED) is 0.381. The van der Waals surface area contributed by atoms with E-state index in [1.807, 2.05) is 18.2 Å². The van der Waals surface area contributed by atoms with Gasteiger partial charge in [0.15, 0.2) is 5.13 Å². The molecule has 3 aliphatic rings. The van der Waals surface area contributed by atoms with E-state index in [0.717, 1.165) is 53.7 Å². The van der Waals surface area contributed by atoms with Crippen LogP contribution >= 0.6 is 11.3 Å². The molecule has 5 rings (SSSR count). The lowest BCUT2D eigenvalue weighted by Crippen LogP contribution is -2.37. The average molecular weight is 506 g/mol. The van der Waals surface area contributed by atoms with Crippen LogP contribution in [0.4, 0.5) is 21.9 Å². The minimum Gasteiger partial charge on any atom is -0.393 e. The Bertz CT molecular complexity index is 1130. The van der Waals surface area contributed by atoms with Gasteiger partial charge in [0.2, 0.25) is 5.95 Å². The van der Waals surface area contributed by atoms with Gasteiger partial charge in [-0.05, 0) is 44.6 Å². The number of nitrogens with one attached hydrogen (secondary N) is 4. The molecule has 0 amide bonds. The third-order valence-corrected chi connectivity index (χ3v) is 9.14. The third kappa shape index (κ3) is 6.04. The van der Waals surface area contributed by atoms with E-state index in [1.165, 1.54) is 0 Å². The summed E-state index contributed by atoms with van der Waals surface area (Å²) in [7, 11) is -2.89. The van der Waals surface area contributed by atoms with Gasteiger partial charge in [0.25, 0.3) is 0 Å². The molecule has 1 saturated heterocycles. The molecule has 0 bridgehead atoms. The van der Waals surface area contributed by atoms with Crippen molar-refractivity contribution in [3.8, 4) is 0 Å². The minimum absolute atomic E-state index is 0.162. The monoisotopic (exact) mass is 505 g/mol. The van der Waals surface area contributed by atoms with Crippen molar-refractivity contribution in [2.45, 2.75) is 63.3 Å². The van der Waals surface area contributed by atoms with Crippen molar-refractivity contribution in [3.63, 3.8) is 0 Å². The van der Waals surface area contributed by atoms with Crippen molar-refractivity contribution in [3.05, 3.63) is 23.5 Å². The Kier molecular flexibility index (Phi) is 7.00. The van der Waals surface area contributed by atoms with E-state index >= 15 is 0 Å². The van der Waals surface area contributed by atoms with Crippen LogP contribution in [0, 0.1) is 0 Å². The van der Waals surface area contributed by atoms with E-state index < -0.39 is 9.84 Å². The molecule has 2 aromatic heterocycles. The number of fused-ring (bicyclic) bond motifs is 1. The SMILES string of the molecule is O=S1(=O)CCC(NCc2cc(Nc3nc4c(s3)NCC=C4)nc(NC3CCC(O)CC3)n2)CC1. The summed E-state index contributed by atoms with van der Waals surface area (Å²) in [6, 6.07) is 2.30. The zero-order chi connectivity index (χ0) is 23.5. The van der Waals surface area contributed by atoms with Gasteiger partial charge in [0, 0.05) is 31.2 Å². The molecule has 2 aromatic rings. The fraction of sp³-hybridized carbons (Fsp3) is 0.591. The normalized spacial score (nSPS) is 24.3. The highest BCUT2D eigenvalue weighted by molar-refractivity contribution is 7.91. The van der Waals surface area contributed by atoms with Gasteiger partial charge in [-0.15, -0.1) is 0 Å². The van der Waals surface area contributed by atoms with E-state index in [9.17, 15) is 13.5 Å². The number of aromatic nitrogens is 3. The number of nitrogens with zero attached hydrogens (tertiary/aromatic N) is 3. The first-order valence-electron chi connectivity index (χ1n) is 11.9. The van der Waals surface area contributed by atoms with Crippen molar-refractivity contribution in [1.29, 1.82) is 0 Å². The second-order valence-electron chi connectivity index (χ2n) is 9.17.